The summed E-state index contributed by atoms with van der Waals surface area (Å²) in [5.74, 6) is 0. The van der Waals surface area contributed by atoms with Crippen molar-refractivity contribution >= 4 is 11.7 Å². The van der Waals surface area contributed by atoms with Gasteiger partial charge < -0.3 is 10.6 Å². The minimum Gasteiger partial charge on any atom is -0.396 e. The van der Waals surface area contributed by atoms with Crippen molar-refractivity contribution in [2.45, 2.75) is 18.9 Å². The van der Waals surface area contributed by atoms with Gasteiger partial charge in [-0.3, -0.25) is 9.88 Å². The summed E-state index contributed by atoms with van der Waals surface area (Å²) < 4.78 is 80.8. The predicted molar refractivity (Wildman–Crippen MR) is 114 cm³/mol. The number of carbonyl (C=O) groups is 1. The third-order valence-corrected chi connectivity index (χ3v) is 5.64. The van der Waals surface area contributed by atoms with E-state index in [4.69, 9.17) is 5.73 Å². The van der Waals surface area contributed by atoms with Crippen LogP contribution < -0.4 is 5.73 Å². The Hall–Kier alpha value is -3.61. The number of amides is 1. The molecule has 7 nitrogen and oxygen atoms in total. The minimum absolute atomic E-state index is 0.00284. The smallest absolute Gasteiger partial charge is 0.396 e. The largest absolute Gasteiger partial charge is 0.433 e. The monoisotopic (exact) mass is 498 g/mol. The normalized spacial score (nSPS) is 15.4. The van der Waals surface area contributed by atoms with Crippen LogP contribution in [0.25, 0.3) is 11.1 Å². The molecule has 2 aromatic heterocycles. The first-order chi connectivity index (χ1) is 16.4. The summed E-state index contributed by atoms with van der Waals surface area (Å²) in [4.78, 5) is 19.1. The molecule has 186 valence electrons. The molecule has 0 radical (unpaired) electrons. The molecule has 0 spiro atoms. The molecule has 2 N–H and O–H groups in total. The Morgan fingerprint density at radius 3 is 2.14 bits per heavy atom. The van der Waals surface area contributed by atoms with Gasteiger partial charge in [-0.1, -0.05) is 18.2 Å². The lowest BCUT2D eigenvalue weighted by Gasteiger charge is -2.34. The second kappa shape index (κ2) is 9.21. The molecular weight excluding hydrogens is 478 g/mol. The Kier molecular flexibility index (Phi) is 6.45. The van der Waals surface area contributed by atoms with Crippen LogP contribution >= 0.6 is 0 Å². The van der Waals surface area contributed by atoms with Gasteiger partial charge in [0.05, 0.1) is 23.6 Å². The van der Waals surface area contributed by atoms with E-state index in [9.17, 15) is 31.1 Å². The number of benzene rings is 1. The molecule has 1 fully saturated rings. The van der Waals surface area contributed by atoms with E-state index in [1.807, 2.05) is 0 Å². The molecule has 1 amide bonds. The van der Waals surface area contributed by atoms with Crippen molar-refractivity contribution in [1.29, 1.82) is 0 Å². The number of aromatic nitrogens is 3. The van der Waals surface area contributed by atoms with E-state index in [-0.39, 0.29) is 29.3 Å². The fourth-order valence-electron chi connectivity index (χ4n) is 3.81. The van der Waals surface area contributed by atoms with Gasteiger partial charge in [0.2, 0.25) is 0 Å². The van der Waals surface area contributed by atoms with Gasteiger partial charge in [0, 0.05) is 44.5 Å². The predicted octanol–water partition coefficient (Wildman–Crippen LogP) is 4.35. The van der Waals surface area contributed by atoms with Gasteiger partial charge in [-0.05, 0) is 23.3 Å². The number of hydrogen-bond acceptors (Lipinski definition) is 5. The lowest BCUT2D eigenvalue weighted by molar-refractivity contribution is -0.141. The highest BCUT2D eigenvalue weighted by Gasteiger charge is 2.35. The maximum atomic E-state index is 13.8. The second-order valence-electron chi connectivity index (χ2n) is 8.06. The maximum absolute atomic E-state index is 13.8. The topological polar surface area (TPSA) is 80.3 Å². The minimum atomic E-state index is -4.66. The van der Waals surface area contributed by atoms with Gasteiger partial charge in [-0.25, -0.2) is 4.79 Å². The Balaban J connectivity index is 1.48. The average molecular weight is 498 g/mol. The number of carbonyl (C=O) groups excluding carboxylic acids is 1. The third-order valence-electron chi connectivity index (χ3n) is 5.64. The SMILES string of the molecule is Nc1cnn(C(=O)N2CCN(Cc3ccc(-c4ccc(C(F)(F)F)nc4)cc3C(F)(F)F)CC2)c1. The molecule has 0 atom stereocenters. The lowest BCUT2D eigenvalue weighted by Crippen LogP contribution is -2.49. The highest BCUT2D eigenvalue weighted by molar-refractivity contribution is 5.76. The van der Waals surface area contributed by atoms with E-state index in [1.165, 1.54) is 29.4 Å². The summed E-state index contributed by atoms with van der Waals surface area (Å²) in [7, 11) is 0. The number of nitrogens with two attached hydrogens (primary N) is 1. The molecule has 0 saturated carbocycles. The van der Waals surface area contributed by atoms with Crippen molar-refractivity contribution in [3.63, 3.8) is 0 Å². The Labute approximate surface area is 195 Å². The zero-order chi connectivity index (χ0) is 25.4. The fraction of sp³-hybridized carbons (Fsp3) is 0.318. The number of piperazine rings is 1. The maximum Gasteiger partial charge on any atom is 0.433 e. The third kappa shape index (κ3) is 5.56. The van der Waals surface area contributed by atoms with Crippen molar-refractivity contribution in [1.82, 2.24) is 24.6 Å². The van der Waals surface area contributed by atoms with Gasteiger partial charge >= 0.3 is 18.4 Å². The van der Waals surface area contributed by atoms with E-state index in [1.54, 1.807) is 4.90 Å². The van der Waals surface area contributed by atoms with Gasteiger partial charge in [0.25, 0.3) is 0 Å². The number of alkyl halides is 6. The summed E-state index contributed by atoms with van der Waals surface area (Å²) in [6, 6.07) is 5.12. The standard InChI is InChI=1S/C22H20F6N6O/c23-21(24,25)18-9-14(15-3-4-19(30-10-15)22(26,27)28)1-2-16(18)12-32-5-7-33(8-6-32)20(35)34-13-17(29)11-31-34/h1-4,9-11,13H,5-8,12,29H2. The number of rotatable bonds is 3. The van der Waals surface area contributed by atoms with Gasteiger partial charge in [0.15, 0.2) is 0 Å². The number of nitrogen functional groups attached to an aromatic ring is 1. The molecule has 3 aromatic rings. The molecule has 13 heteroatoms. The molecule has 0 aliphatic carbocycles. The van der Waals surface area contributed by atoms with Gasteiger partial charge in [-0.2, -0.15) is 36.1 Å². The van der Waals surface area contributed by atoms with Crippen molar-refractivity contribution in [3.05, 3.63) is 65.7 Å². The first kappa shape index (κ1) is 24.5. The van der Waals surface area contributed by atoms with Crippen molar-refractivity contribution in [2.75, 3.05) is 31.9 Å². The molecule has 1 saturated heterocycles. The van der Waals surface area contributed by atoms with E-state index < -0.39 is 23.6 Å². The molecule has 1 aromatic carbocycles. The first-order valence-electron chi connectivity index (χ1n) is 10.5. The van der Waals surface area contributed by atoms with E-state index in [0.717, 1.165) is 29.1 Å². The first-order valence-corrected chi connectivity index (χ1v) is 10.5. The van der Waals surface area contributed by atoms with E-state index in [2.05, 4.69) is 10.1 Å². The van der Waals surface area contributed by atoms with E-state index in [0.29, 0.717) is 31.9 Å². The molecule has 4 rings (SSSR count). The second-order valence-corrected chi connectivity index (χ2v) is 8.06. The summed E-state index contributed by atoms with van der Waals surface area (Å²) in [6.07, 6.45) is -5.67. The summed E-state index contributed by atoms with van der Waals surface area (Å²) in [6.45, 7) is 1.30. The number of pyridine rings is 1. The van der Waals surface area contributed by atoms with Crippen LogP contribution in [0.3, 0.4) is 0 Å². The molecule has 3 heterocycles. The number of anilines is 1. The van der Waals surface area contributed by atoms with Gasteiger partial charge in [-0.15, -0.1) is 0 Å². The van der Waals surface area contributed by atoms with Crippen LogP contribution in [0.4, 0.5) is 36.8 Å². The zero-order valence-corrected chi connectivity index (χ0v) is 18.1. The zero-order valence-electron chi connectivity index (χ0n) is 18.1. The Morgan fingerprint density at radius 1 is 0.914 bits per heavy atom. The lowest BCUT2D eigenvalue weighted by atomic mass is 9.99. The van der Waals surface area contributed by atoms with Crippen LogP contribution in [0.2, 0.25) is 0 Å². The van der Waals surface area contributed by atoms with Crippen LogP contribution in [0.1, 0.15) is 16.8 Å². The molecule has 35 heavy (non-hydrogen) atoms. The molecular formula is C22H20F6N6O. The van der Waals surface area contributed by atoms with Gasteiger partial charge in [0.1, 0.15) is 5.69 Å². The summed E-state index contributed by atoms with van der Waals surface area (Å²) in [5, 5.41) is 3.87. The van der Waals surface area contributed by atoms with Crippen LogP contribution in [0, 0.1) is 0 Å². The number of halogens is 6. The quantitative estimate of drug-likeness (QED) is 0.544. The average Bonchev–Trinajstić information content (AvgIpc) is 3.24. The molecule has 0 bridgehead atoms. The van der Waals surface area contributed by atoms with Crippen LogP contribution in [-0.4, -0.2) is 56.8 Å². The number of hydrogen-bond donors (Lipinski definition) is 1. The highest BCUT2D eigenvalue weighted by Crippen LogP contribution is 2.36. The molecule has 1 aliphatic heterocycles. The Morgan fingerprint density at radius 2 is 1.60 bits per heavy atom. The fourth-order valence-corrected chi connectivity index (χ4v) is 3.81. The van der Waals surface area contributed by atoms with Crippen LogP contribution in [0.15, 0.2) is 48.9 Å². The van der Waals surface area contributed by atoms with Crippen molar-refractivity contribution in [2.24, 2.45) is 0 Å². The van der Waals surface area contributed by atoms with Crippen molar-refractivity contribution < 1.29 is 31.1 Å². The van der Waals surface area contributed by atoms with Crippen LogP contribution in [0.5, 0.6) is 0 Å². The molecule has 0 unspecified atom stereocenters. The summed E-state index contributed by atoms with van der Waals surface area (Å²) in [5.41, 5.74) is 4.19. The van der Waals surface area contributed by atoms with Crippen molar-refractivity contribution in [3.8, 4) is 11.1 Å². The van der Waals surface area contributed by atoms with E-state index >= 15 is 0 Å². The highest BCUT2D eigenvalue weighted by atomic mass is 19.4. The number of nitrogens with zero attached hydrogens (tertiary/aromatic N) is 5. The molecule has 1 aliphatic rings. The van der Waals surface area contributed by atoms with Crippen LogP contribution in [-0.2, 0) is 18.9 Å². The Bertz CT molecular complexity index is 1200. The summed E-state index contributed by atoms with van der Waals surface area (Å²) >= 11 is 0.